The normalized spacial score (nSPS) is 12.8. The molecular formula is C13H28N2O5. The predicted octanol–water partition coefficient (Wildman–Crippen LogP) is -0.465. The van der Waals surface area contributed by atoms with Gasteiger partial charge in [-0.2, -0.15) is 0 Å². The zero-order valence-corrected chi connectivity index (χ0v) is 12.7. The fourth-order valence-corrected chi connectivity index (χ4v) is 1.40. The minimum absolute atomic E-state index is 0.177. The van der Waals surface area contributed by atoms with E-state index in [1.165, 1.54) is 0 Å². The molecule has 0 heterocycles. The van der Waals surface area contributed by atoms with Crippen LogP contribution in [0.1, 0.15) is 13.8 Å². The van der Waals surface area contributed by atoms with E-state index in [4.69, 9.17) is 24.7 Å². The largest absolute Gasteiger partial charge is 0.382 e. The lowest BCUT2D eigenvalue weighted by Crippen LogP contribution is -2.47. The molecule has 0 aromatic heterocycles. The van der Waals surface area contributed by atoms with E-state index >= 15 is 0 Å². The highest BCUT2D eigenvalue weighted by molar-refractivity contribution is 5.80. The molecule has 3 N–H and O–H groups in total. The zero-order chi connectivity index (χ0) is 15.2. The summed E-state index contributed by atoms with van der Waals surface area (Å²) in [7, 11) is 1.63. The van der Waals surface area contributed by atoms with Crippen LogP contribution in [0.4, 0.5) is 0 Å². The molecule has 0 spiro atoms. The molecule has 0 bridgehead atoms. The van der Waals surface area contributed by atoms with E-state index < -0.39 is 11.9 Å². The van der Waals surface area contributed by atoms with Crippen molar-refractivity contribution < 1.29 is 23.7 Å². The lowest BCUT2D eigenvalue weighted by molar-refractivity contribution is -0.121. The molecule has 0 aliphatic rings. The third-order valence-corrected chi connectivity index (χ3v) is 2.34. The van der Waals surface area contributed by atoms with Crippen LogP contribution in [0.5, 0.6) is 0 Å². The second-order valence-corrected chi connectivity index (χ2v) is 4.57. The Morgan fingerprint density at radius 2 is 1.50 bits per heavy atom. The van der Waals surface area contributed by atoms with Crippen LogP contribution in [0, 0.1) is 0 Å². The van der Waals surface area contributed by atoms with Gasteiger partial charge in [-0.05, 0) is 0 Å². The van der Waals surface area contributed by atoms with Gasteiger partial charge in [0.25, 0.3) is 0 Å². The summed E-state index contributed by atoms with van der Waals surface area (Å²) in [5.74, 6) is -0.411. The maximum Gasteiger partial charge on any atom is 0.236 e. The van der Waals surface area contributed by atoms with E-state index in [2.05, 4.69) is 5.32 Å². The number of nitrogens with one attached hydrogen (secondary N) is 1. The second-order valence-electron chi connectivity index (χ2n) is 4.57. The van der Waals surface area contributed by atoms with Crippen molar-refractivity contribution in [2.45, 2.75) is 25.9 Å². The SMILES string of the molecule is COCCOCCOCCOCC(NC(C)C)C(N)=O. The monoisotopic (exact) mass is 292 g/mol. The van der Waals surface area contributed by atoms with Crippen molar-refractivity contribution in [1.29, 1.82) is 0 Å². The molecular weight excluding hydrogens is 264 g/mol. The predicted molar refractivity (Wildman–Crippen MR) is 75.6 cm³/mol. The van der Waals surface area contributed by atoms with Crippen LogP contribution in [0.25, 0.3) is 0 Å². The Morgan fingerprint density at radius 3 is 1.95 bits per heavy atom. The van der Waals surface area contributed by atoms with Crippen molar-refractivity contribution in [3.8, 4) is 0 Å². The van der Waals surface area contributed by atoms with Gasteiger partial charge in [-0.25, -0.2) is 0 Å². The summed E-state index contributed by atoms with van der Waals surface area (Å²) in [6.07, 6.45) is 0. The average molecular weight is 292 g/mol. The highest BCUT2D eigenvalue weighted by Crippen LogP contribution is 1.90. The van der Waals surface area contributed by atoms with Gasteiger partial charge in [0.15, 0.2) is 0 Å². The van der Waals surface area contributed by atoms with E-state index in [0.29, 0.717) is 39.6 Å². The van der Waals surface area contributed by atoms with E-state index in [9.17, 15) is 4.79 Å². The average Bonchev–Trinajstić information content (AvgIpc) is 2.39. The first kappa shape index (κ1) is 19.3. The van der Waals surface area contributed by atoms with Crippen LogP contribution in [-0.4, -0.2) is 71.3 Å². The van der Waals surface area contributed by atoms with Crippen LogP contribution in [0.15, 0.2) is 0 Å². The van der Waals surface area contributed by atoms with Crippen LogP contribution in [0.2, 0.25) is 0 Å². The number of rotatable bonds is 14. The first-order valence-corrected chi connectivity index (χ1v) is 6.85. The molecule has 7 nitrogen and oxygen atoms in total. The maximum atomic E-state index is 11.1. The third-order valence-electron chi connectivity index (χ3n) is 2.34. The Balaban J connectivity index is 3.39. The molecule has 0 aromatic carbocycles. The molecule has 7 heteroatoms. The lowest BCUT2D eigenvalue weighted by atomic mass is 10.2. The summed E-state index contributed by atoms with van der Waals surface area (Å²) in [6.45, 7) is 7.21. The first-order valence-electron chi connectivity index (χ1n) is 6.85. The minimum Gasteiger partial charge on any atom is -0.382 e. The van der Waals surface area contributed by atoms with E-state index in [1.807, 2.05) is 13.8 Å². The second kappa shape index (κ2) is 13.3. The van der Waals surface area contributed by atoms with Crippen molar-refractivity contribution in [3.05, 3.63) is 0 Å². The van der Waals surface area contributed by atoms with Crippen molar-refractivity contribution in [2.75, 3.05) is 53.4 Å². The van der Waals surface area contributed by atoms with Gasteiger partial charge in [-0.3, -0.25) is 4.79 Å². The Morgan fingerprint density at radius 1 is 1.00 bits per heavy atom. The van der Waals surface area contributed by atoms with E-state index in [-0.39, 0.29) is 12.6 Å². The van der Waals surface area contributed by atoms with Gasteiger partial charge in [0, 0.05) is 13.2 Å². The third kappa shape index (κ3) is 12.3. The number of hydrogen-bond donors (Lipinski definition) is 2. The highest BCUT2D eigenvalue weighted by atomic mass is 16.6. The van der Waals surface area contributed by atoms with Gasteiger partial charge in [-0.1, -0.05) is 13.8 Å². The molecule has 0 rings (SSSR count). The summed E-state index contributed by atoms with van der Waals surface area (Å²) in [5.41, 5.74) is 5.27. The first-order chi connectivity index (χ1) is 9.57. The van der Waals surface area contributed by atoms with Gasteiger partial charge >= 0.3 is 0 Å². The number of carbonyl (C=O) groups is 1. The molecule has 1 atom stereocenters. The number of carbonyl (C=O) groups excluding carboxylic acids is 1. The minimum atomic E-state index is -0.465. The van der Waals surface area contributed by atoms with Gasteiger partial charge in [-0.15, -0.1) is 0 Å². The number of methoxy groups -OCH3 is 1. The molecule has 0 aliphatic carbocycles. The zero-order valence-electron chi connectivity index (χ0n) is 12.7. The van der Waals surface area contributed by atoms with Crippen molar-refractivity contribution in [3.63, 3.8) is 0 Å². The summed E-state index contributed by atoms with van der Waals surface area (Å²) in [4.78, 5) is 11.1. The number of primary amides is 1. The molecule has 20 heavy (non-hydrogen) atoms. The quantitative estimate of drug-likeness (QED) is 0.421. The molecule has 0 aromatic rings. The van der Waals surface area contributed by atoms with Crippen LogP contribution >= 0.6 is 0 Å². The van der Waals surface area contributed by atoms with Gasteiger partial charge in [0.2, 0.25) is 5.91 Å². The Labute approximate surface area is 121 Å². The standard InChI is InChI=1S/C13H28N2O5/c1-11(2)15-12(13(14)16)10-20-9-8-19-7-6-18-5-4-17-3/h11-12,15H,4-10H2,1-3H3,(H2,14,16). The molecule has 0 fully saturated rings. The smallest absolute Gasteiger partial charge is 0.236 e. The Kier molecular flexibility index (Phi) is 12.8. The van der Waals surface area contributed by atoms with Gasteiger partial charge < -0.3 is 30.0 Å². The van der Waals surface area contributed by atoms with Crippen molar-refractivity contribution in [1.82, 2.24) is 5.32 Å². The van der Waals surface area contributed by atoms with E-state index in [0.717, 1.165) is 0 Å². The molecule has 120 valence electrons. The molecule has 0 radical (unpaired) electrons. The lowest BCUT2D eigenvalue weighted by Gasteiger charge is -2.18. The molecule has 0 saturated heterocycles. The van der Waals surface area contributed by atoms with Crippen molar-refractivity contribution in [2.24, 2.45) is 5.73 Å². The Hall–Kier alpha value is -0.730. The van der Waals surface area contributed by atoms with E-state index in [1.54, 1.807) is 7.11 Å². The summed E-state index contributed by atoms with van der Waals surface area (Å²) in [5, 5.41) is 3.04. The highest BCUT2D eigenvalue weighted by Gasteiger charge is 2.15. The van der Waals surface area contributed by atoms with Crippen LogP contribution < -0.4 is 11.1 Å². The number of amides is 1. The molecule has 0 aliphatic heterocycles. The fourth-order valence-electron chi connectivity index (χ4n) is 1.40. The number of ether oxygens (including phenoxy) is 4. The number of nitrogens with two attached hydrogens (primary N) is 1. The summed E-state index contributed by atoms with van der Waals surface area (Å²) >= 11 is 0. The summed E-state index contributed by atoms with van der Waals surface area (Å²) < 4.78 is 20.7. The topological polar surface area (TPSA) is 92.0 Å². The fraction of sp³-hybridized carbons (Fsp3) is 0.923. The molecule has 1 unspecified atom stereocenters. The molecule has 1 amide bonds. The molecule has 0 saturated carbocycles. The Bertz CT molecular complexity index is 239. The number of hydrogen-bond acceptors (Lipinski definition) is 6. The van der Waals surface area contributed by atoms with Crippen LogP contribution in [-0.2, 0) is 23.7 Å². The van der Waals surface area contributed by atoms with Crippen LogP contribution in [0.3, 0.4) is 0 Å². The van der Waals surface area contributed by atoms with Gasteiger partial charge in [0.1, 0.15) is 6.04 Å². The maximum absolute atomic E-state index is 11.1. The van der Waals surface area contributed by atoms with Crippen molar-refractivity contribution >= 4 is 5.91 Å². The summed E-state index contributed by atoms with van der Waals surface area (Å²) in [6, 6.07) is -0.288. The van der Waals surface area contributed by atoms with Gasteiger partial charge in [0.05, 0.1) is 46.2 Å².